The molecule has 2 aromatic rings. The molecule has 1 fully saturated rings. The maximum atomic E-state index is 12.7. The zero-order valence-electron chi connectivity index (χ0n) is 19.3. The third-order valence-corrected chi connectivity index (χ3v) is 5.78. The highest BCUT2D eigenvalue weighted by molar-refractivity contribution is 5.85. The summed E-state index contributed by atoms with van der Waals surface area (Å²) in [5.74, 6) is 0.954. The van der Waals surface area contributed by atoms with Crippen LogP contribution in [0.5, 0.6) is 5.75 Å². The Bertz CT molecular complexity index is 912. The fraction of sp³-hybridized carbons (Fsp3) is 0.500. The van der Waals surface area contributed by atoms with E-state index in [-0.39, 0.29) is 11.8 Å². The number of carbonyl (C=O) groups excluding carboxylic acids is 2. The van der Waals surface area contributed by atoms with Crippen molar-refractivity contribution < 1.29 is 19.1 Å². The predicted octanol–water partition coefficient (Wildman–Crippen LogP) is 1.19. The van der Waals surface area contributed by atoms with Crippen molar-refractivity contribution in [3.8, 4) is 5.75 Å². The molecule has 3 rings (SSSR count). The van der Waals surface area contributed by atoms with Crippen LogP contribution < -0.4 is 10.1 Å². The molecule has 1 aliphatic heterocycles. The summed E-state index contributed by atoms with van der Waals surface area (Å²) in [6, 6.07) is 12.2. The third-order valence-electron chi connectivity index (χ3n) is 5.78. The van der Waals surface area contributed by atoms with Gasteiger partial charge in [-0.05, 0) is 34.5 Å². The Morgan fingerprint density at radius 2 is 1.62 bits per heavy atom. The standard InChI is InChI=1S/C24H34N4O4/c1-26(16-19-4-5-21-15-22(32-3)7-6-20(21)14-19)24(30)18-28-11-9-27(10-12-28)17-23(29)25-8-13-31-2/h4-7,14-15H,8-13,16-18H2,1-3H3,(H,25,29). The first-order chi connectivity index (χ1) is 15.5. The Labute approximate surface area is 190 Å². The molecule has 0 atom stereocenters. The van der Waals surface area contributed by atoms with Crippen molar-refractivity contribution in [2.24, 2.45) is 0 Å². The van der Waals surface area contributed by atoms with Crippen molar-refractivity contribution in [1.82, 2.24) is 20.0 Å². The summed E-state index contributed by atoms with van der Waals surface area (Å²) in [4.78, 5) is 30.7. The second kappa shape index (κ2) is 11.8. The number of nitrogens with zero attached hydrogens (tertiary/aromatic N) is 3. The monoisotopic (exact) mass is 442 g/mol. The Balaban J connectivity index is 1.43. The summed E-state index contributed by atoms with van der Waals surface area (Å²) in [6.07, 6.45) is 0. The van der Waals surface area contributed by atoms with Gasteiger partial charge in [-0.2, -0.15) is 0 Å². The molecule has 0 saturated carbocycles. The van der Waals surface area contributed by atoms with Crippen LogP contribution in [0.15, 0.2) is 36.4 Å². The summed E-state index contributed by atoms with van der Waals surface area (Å²) >= 11 is 0. The SMILES string of the molecule is COCCNC(=O)CN1CCN(CC(=O)N(C)Cc2ccc3cc(OC)ccc3c2)CC1. The van der Waals surface area contributed by atoms with Gasteiger partial charge in [-0.25, -0.2) is 0 Å². The van der Waals surface area contributed by atoms with E-state index in [9.17, 15) is 9.59 Å². The first kappa shape index (κ1) is 24.0. The molecular weight excluding hydrogens is 408 g/mol. The van der Waals surface area contributed by atoms with Crippen LogP contribution in [0.1, 0.15) is 5.56 Å². The Morgan fingerprint density at radius 3 is 2.31 bits per heavy atom. The number of rotatable bonds is 10. The lowest BCUT2D eigenvalue weighted by atomic mass is 10.1. The van der Waals surface area contributed by atoms with Gasteiger partial charge in [0.1, 0.15) is 5.75 Å². The minimum atomic E-state index is 0.0140. The largest absolute Gasteiger partial charge is 0.497 e. The number of benzene rings is 2. The molecule has 0 aliphatic carbocycles. The van der Waals surface area contributed by atoms with E-state index in [2.05, 4.69) is 33.3 Å². The summed E-state index contributed by atoms with van der Waals surface area (Å²) in [5.41, 5.74) is 1.10. The average Bonchev–Trinajstić information content (AvgIpc) is 2.80. The number of piperazine rings is 1. The molecule has 8 heteroatoms. The summed E-state index contributed by atoms with van der Waals surface area (Å²) < 4.78 is 10.2. The van der Waals surface area contributed by atoms with Gasteiger partial charge >= 0.3 is 0 Å². The van der Waals surface area contributed by atoms with Crippen LogP contribution in [0.2, 0.25) is 0 Å². The topological polar surface area (TPSA) is 74.4 Å². The van der Waals surface area contributed by atoms with Gasteiger partial charge < -0.3 is 19.7 Å². The minimum absolute atomic E-state index is 0.0140. The molecule has 1 heterocycles. The fourth-order valence-corrected chi connectivity index (χ4v) is 3.83. The lowest BCUT2D eigenvalue weighted by Gasteiger charge is -2.34. The van der Waals surface area contributed by atoms with Crippen molar-refractivity contribution in [2.45, 2.75) is 6.54 Å². The van der Waals surface area contributed by atoms with Gasteiger partial charge in [-0.15, -0.1) is 0 Å². The van der Waals surface area contributed by atoms with E-state index in [0.717, 1.165) is 48.3 Å². The molecule has 1 aliphatic rings. The highest BCUT2D eigenvalue weighted by atomic mass is 16.5. The van der Waals surface area contributed by atoms with Gasteiger partial charge in [0.2, 0.25) is 11.8 Å². The predicted molar refractivity (Wildman–Crippen MR) is 125 cm³/mol. The van der Waals surface area contributed by atoms with E-state index in [1.807, 2.05) is 25.2 Å². The highest BCUT2D eigenvalue weighted by Gasteiger charge is 2.21. The zero-order valence-corrected chi connectivity index (χ0v) is 19.3. The number of ether oxygens (including phenoxy) is 2. The molecule has 0 bridgehead atoms. The molecule has 0 aromatic heterocycles. The minimum Gasteiger partial charge on any atom is -0.497 e. The summed E-state index contributed by atoms with van der Waals surface area (Å²) in [6.45, 7) is 5.53. The van der Waals surface area contributed by atoms with E-state index >= 15 is 0 Å². The van der Waals surface area contributed by atoms with Gasteiger partial charge in [0.05, 0.1) is 26.8 Å². The Hall–Kier alpha value is -2.68. The quantitative estimate of drug-likeness (QED) is 0.557. The smallest absolute Gasteiger partial charge is 0.236 e. The van der Waals surface area contributed by atoms with Crippen LogP contribution in [0.25, 0.3) is 10.8 Å². The van der Waals surface area contributed by atoms with E-state index in [0.29, 0.717) is 32.8 Å². The lowest BCUT2D eigenvalue weighted by Crippen LogP contribution is -2.51. The Morgan fingerprint density at radius 1 is 0.969 bits per heavy atom. The van der Waals surface area contributed by atoms with Crippen molar-refractivity contribution in [2.75, 3.05) is 73.7 Å². The summed E-state index contributed by atoms with van der Waals surface area (Å²) in [7, 11) is 5.13. The van der Waals surface area contributed by atoms with E-state index in [1.165, 1.54) is 0 Å². The number of likely N-dealkylation sites (N-methyl/N-ethyl adjacent to an activating group) is 1. The molecule has 0 unspecified atom stereocenters. The Kier molecular flexibility index (Phi) is 8.84. The molecule has 32 heavy (non-hydrogen) atoms. The van der Waals surface area contributed by atoms with Gasteiger partial charge in [0.15, 0.2) is 0 Å². The third kappa shape index (κ3) is 6.91. The van der Waals surface area contributed by atoms with Gasteiger partial charge in [-0.3, -0.25) is 19.4 Å². The van der Waals surface area contributed by atoms with Gasteiger partial charge in [-0.1, -0.05) is 18.2 Å². The fourth-order valence-electron chi connectivity index (χ4n) is 3.83. The molecule has 2 amide bonds. The first-order valence-corrected chi connectivity index (χ1v) is 11.0. The van der Waals surface area contributed by atoms with Crippen LogP contribution >= 0.6 is 0 Å². The normalized spacial score (nSPS) is 15.0. The molecule has 1 saturated heterocycles. The number of carbonyl (C=O) groups is 2. The second-order valence-electron chi connectivity index (χ2n) is 8.19. The number of hydrogen-bond donors (Lipinski definition) is 1. The second-order valence-corrected chi connectivity index (χ2v) is 8.19. The van der Waals surface area contributed by atoms with Crippen LogP contribution in [-0.2, 0) is 20.9 Å². The maximum Gasteiger partial charge on any atom is 0.236 e. The maximum absolute atomic E-state index is 12.7. The zero-order chi connectivity index (χ0) is 22.9. The molecule has 2 aromatic carbocycles. The molecular formula is C24H34N4O4. The van der Waals surface area contributed by atoms with Crippen LogP contribution in [0, 0.1) is 0 Å². The van der Waals surface area contributed by atoms with E-state index < -0.39 is 0 Å². The van der Waals surface area contributed by atoms with Crippen molar-refractivity contribution in [3.63, 3.8) is 0 Å². The van der Waals surface area contributed by atoms with E-state index in [4.69, 9.17) is 9.47 Å². The van der Waals surface area contributed by atoms with Crippen molar-refractivity contribution in [1.29, 1.82) is 0 Å². The van der Waals surface area contributed by atoms with Gasteiger partial charge in [0, 0.05) is 53.4 Å². The van der Waals surface area contributed by atoms with E-state index in [1.54, 1.807) is 19.1 Å². The average molecular weight is 443 g/mol. The van der Waals surface area contributed by atoms with Crippen LogP contribution in [0.3, 0.4) is 0 Å². The number of amides is 2. The first-order valence-electron chi connectivity index (χ1n) is 11.0. The lowest BCUT2D eigenvalue weighted by molar-refractivity contribution is -0.132. The summed E-state index contributed by atoms with van der Waals surface area (Å²) in [5, 5.41) is 5.09. The van der Waals surface area contributed by atoms with Crippen molar-refractivity contribution >= 4 is 22.6 Å². The highest BCUT2D eigenvalue weighted by Crippen LogP contribution is 2.22. The van der Waals surface area contributed by atoms with Crippen LogP contribution in [0.4, 0.5) is 0 Å². The van der Waals surface area contributed by atoms with Crippen LogP contribution in [-0.4, -0.2) is 100 Å². The molecule has 0 spiro atoms. The molecule has 1 N–H and O–H groups in total. The molecule has 8 nitrogen and oxygen atoms in total. The number of methoxy groups -OCH3 is 2. The number of hydrogen-bond acceptors (Lipinski definition) is 6. The van der Waals surface area contributed by atoms with Gasteiger partial charge in [0.25, 0.3) is 0 Å². The molecule has 0 radical (unpaired) electrons. The number of fused-ring (bicyclic) bond motifs is 1. The van der Waals surface area contributed by atoms with Crippen molar-refractivity contribution in [3.05, 3.63) is 42.0 Å². The molecule has 174 valence electrons. The number of nitrogens with one attached hydrogen (secondary N) is 1.